The van der Waals surface area contributed by atoms with Crippen molar-refractivity contribution in [3.05, 3.63) is 40.5 Å². The molecule has 2 heteroatoms. The van der Waals surface area contributed by atoms with Crippen molar-refractivity contribution in [2.75, 3.05) is 6.54 Å². The molecule has 0 saturated heterocycles. The molecule has 0 saturated carbocycles. The highest BCUT2D eigenvalue weighted by Crippen LogP contribution is 2.06. The minimum absolute atomic E-state index is 0.184. The standard InChI is InChI=1S/C9H9FN/c1-11-7-6-8-4-2-3-5-9(8)10/h1-5H,6-7H2/q+1. The zero-order valence-electron chi connectivity index (χ0n) is 6.13. The molecule has 1 nitrogen and oxygen atoms in total. The summed E-state index contributed by atoms with van der Waals surface area (Å²) in [5.41, 5.74) is 0.668. The van der Waals surface area contributed by atoms with Gasteiger partial charge in [0, 0.05) is 0 Å². The maximum Gasteiger partial charge on any atom is 0.267 e. The van der Waals surface area contributed by atoms with Crippen LogP contribution in [0.2, 0.25) is 0 Å². The van der Waals surface area contributed by atoms with E-state index >= 15 is 0 Å². The Morgan fingerprint density at radius 1 is 1.36 bits per heavy atom. The van der Waals surface area contributed by atoms with Crippen LogP contribution in [-0.2, 0) is 6.42 Å². The van der Waals surface area contributed by atoms with Gasteiger partial charge in [-0.15, -0.1) is 0 Å². The second-order valence-electron chi connectivity index (χ2n) is 2.25. The van der Waals surface area contributed by atoms with Crippen molar-refractivity contribution >= 4 is 0 Å². The summed E-state index contributed by atoms with van der Waals surface area (Å²) in [4.78, 5) is 3.41. The molecule has 0 N–H and O–H groups in total. The smallest absolute Gasteiger partial charge is 0.207 e. The van der Waals surface area contributed by atoms with E-state index in [9.17, 15) is 4.39 Å². The summed E-state index contributed by atoms with van der Waals surface area (Å²) in [5.74, 6) is -0.184. The molecule has 0 aromatic heterocycles. The SMILES string of the molecule is C#[N+]CCc1ccccc1F. The Bertz CT molecular complexity index is 275. The van der Waals surface area contributed by atoms with Crippen molar-refractivity contribution in [1.29, 1.82) is 0 Å². The topological polar surface area (TPSA) is 4.36 Å². The molecular formula is C9H9FN+. The van der Waals surface area contributed by atoms with E-state index in [4.69, 9.17) is 6.57 Å². The minimum atomic E-state index is -0.184. The first kappa shape index (κ1) is 7.74. The highest BCUT2D eigenvalue weighted by Gasteiger charge is 2.01. The Morgan fingerprint density at radius 3 is 2.73 bits per heavy atom. The molecule has 0 bridgehead atoms. The third-order valence-electron chi connectivity index (χ3n) is 1.47. The van der Waals surface area contributed by atoms with Crippen molar-refractivity contribution in [2.45, 2.75) is 6.42 Å². The second kappa shape index (κ2) is 3.72. The molecule has 0 unspecified atom stereocenters. The zero-order valence-corrected chi connectivity index (χ0v) is 6.13. The maximum absolute atomic E-state index is 12.8. The van der Waals surface area contributed by atoms with E-state index in [0.717, 1.165) is 0 Å². The molecule has 1 aromatic rings. The molecule has 0 amide bonds. The molecule has 1 aromatic carbocycles. The van der Waals surface area contributed by atoms with E-state index in [1.54, 1.807) is 18.2 Å². The van der Waals surface area contributed by atoms with Crippen LogP contribution < -0.4 is 0 Å². The zero-order chi connectivity index (χ0) is 8.10. The van der Waals surface area contributed by atoms with Crippen LogP contribution >= 0.6 is 0 Å². The Morgan fingerprint density at radius 2 is 2.09 bits per heavy atom. The van der Waals surface area contributed by atoms with Crippen LogP contribution in [0.1, 0.15) is 5.56 Å². The molecule has 1 rings (SSSR count). The number of hydrogen-bond acceptors (Lipinski definition) is 0. The van der Waals surface area contributed by atoms with Gasteiger partial charge in [0.15, 0.2) is 0 Å². The van der Waals surface area contributed by atoms with Crippen LogP contribution in [0.5, 0.6) is 0 Å². The molecular weight excluding hydrogens is 141 g/mol. The first-order valence-corrected chi connectivity index (χ1v) is 3.44. The molecule has 0 spiro atoms. The van der Waals surface area contributed by atoms with Gasteiger partial charge in [0.2, 0.25) is 0 Å². The average molecular weight is 150 g/mol. The van der Waals surface area contributed by atoms with Gasteiger partial charge in [-0.3, -0.25) is 0 Å². The van der Waals surface area contributed by atoms with Gasteiger partial charge in [-0.1, -0.05) is 23.0 Å². The fourth-order valence-electron chi connectivity index (χ4n) is 0.886. The lowest BCUT2D eigenvalue weighted by atomic mass is 10.1. The van der Waals surface area contributed by atoms with Gasteiger partial charge >= 0.3 is 0 Å². The molecule has 0 aliphatic rings. The van der Waals surface area contributed by atoms with E-state index in [0.29, 0.717) is 18.5 Å². The molecule has 0 heterocycles. The maximum atomic E-state index is 12.8. The Kier molecular flexibility index (Phi) is 2.62. The van der Waals surface area contributed by atoms with Gasteiger partial charge in [-0.2, -0.15) is 0 Å². The van der Waals surface area contributed by atoms with E-state index in [1.807, 2.05) is 0 Å². The average Bonchev–Trinajstić information content (AvgIpc) is 2.03. The Balaban J connectivity index is 2.71. The molecule has 0 aliphatic heterocycles. The number of hydrogen-bond donors (Lipinski definition) is 0. The van der Waals surface area contributed by atoms with Crippen LogP contribution in [0.15, 0.2) is 24.3 Å². The summed E-state index contributed by atoms with van der Waals surface area (Å²) in [6.45, 7) is 5.40. The van der Waals surface area contributed by atoms with Crippen molar-refractivity contribution < 1.29 is 4.39 Å². The van der Waals surface area contributed by atoms with Gasteiger partial charge in [-0.05, 0) is 11.6 Å². The third kappa shape index (κ3) is 2.05. The van der Waals surface area contributed by atoms with Crippen molar-refractivity contribution in [2.24, 2.45) is 0 Å². The van der Waals surface area contributed by atoms with E-state index < -0.39 is 0 Å². The van der Waals surface area contributed by atoms with E-state index in [1.165, 1.54) is 6.07 Å². The van der Waals surface area contributed by atoms with Crippen LogP contribution in [0.4, 0.5) is 4.39 Å². The number of nitrogens with zero attached hydrogens (tertiary/aromatic N) is 1. The van der Waals surface area contributed by atoms with E-state index in [2.05, 4.69) is 4.85 Å². The lowest BCUT2D eigenvalue weighted by Gasteiger charge is -1.94. The quantitative estimate of drug-likeness (QED) is 0.609. The summed E-state index contributed by atoms with van der Waals surface area (Å²) in [6.07, 6.45) is 0.573. The largest absolute Gasteiger partial charge is 0.267 e. The fraction of sp³-hybridized carbons (Fsp3) is 0.222. The molecule has 11 heavy (non-hydrogen) atoms. The van der Waals surface area contributed by atoms with E-state index in [-0.39, 0.29) is 5.82 Å². The normalized spacial score (nSPS) is 9.09. The van der Waals surface area contributed by atoms with Crippen LogP contribution in [0.3, 0.4) is 0 Å². The summed E-state index contributed by atoms with van der Waals surface area (Å²) >= 11 is 0. The summed E-state index contributed by atoms with van der Waals surface area (Å²) in [7, 11) is 0. The van der Waals surface area contributed by atoms with Crippen molar-refractivity contribution in [3.8, 4) is 6.57 Å². The lowest BCUT2D eigenvalue weighted by molar-refractivity contribution is 0.611. The van der Waals surface area contributed by atoms with Crippen LogP contribution in [-0.4, -0.2) is 6.54 Å². The second-order valence-corrected chi connectivity index (χ2v) is 2.25. The third-order valence-corrected chi connectivity index (χ3v) is 1.47. The van der Waals surface area contributed by atoms with Crippen LogP contribution in [0.25, 0.3) is 4.85 Å². The summed E-state index contributed by atoms with van der Waals surface area (Å²) < 4.78 is 12.8. The van der Waals surface area contributed by atoms with Gasteiger partial charge in [0.25, 0.3) is 13.1 Å². The summed E-state index contributed by atoms with van der Waals surface area (Å²) in [5, 5.41) is 0. The van der Waals surface area contributed by atoms with Crippen LogP contribution in [0, 0.1) is 12.4 Å². The molecule has 0 aliphatic carbocycles. The molecule has 0 radical (unpaired) electrons. The van der Waals surface area contributed by atoms with Gasteiger partial charge in [0.05, 0.1) is 6.42 Å². The van der Waals surface area contributed by atoms with Crippen molar-refractivity contribution in [3.63, 3.8) is 0 Å². The first-order chi connectivity index (χ1) is 5.34. The monoisotopic (exact) mass is 150 g/mol. The Hall–Kier alpha value is -1.36. The number of benzene rings is 1. The number of halogens is 1. The summed E-state index contributed by atoms with van der Waals surface area (Å²) in [6, 6.07) is 6.64. The van der Waals surface area contributed by atoms with Crippen molar-refractivity contribution in [1.82, 2.24) is 0 Å². The molecule has 0 atom stereocenters. The van der Waals surface area contributed by atoms with Gasteiger partial charge in [-0.25, -0.2) is 4.39 Å². The minimum Gasteiger partial charge on any atom is -0.207 e. The highest BCUT2D eigenvalue weighted by atomic mass is 19.1. The van der Waals surface area contributed by atoms with Gasteiger partial charge < -0.3 is 0 Å². The predicted molar refractivity (Wildman–Crippen MR) is 43.3 cm³/mol. The molecule has 0 fully saturated rings. The molecule has 56 valence electrons. The number of rotatable bonds is 2. The predicted octanol–water partition coefficient (Wildman–Crippen LogP) is 2.33. The lowest BCUT2D eigenvalue weighted by Crippen LogP contribution is -1.91. The Labute approximate surface area is 65.3 Å². The highest BCUT2D eigenvalue weighted by molar-refractivity contribution is 5.17. The van der Waals surface area contributed by atoms with Gasteiger partial charge in [0.1, 0.15) is 5.82 Å². The fourth-order valence-corrected chi connectivity index (χ4v) is 0.886. The first-order valence-electron chi connectivity index (χ1n) is 3.44.